The molecular formula is C15H24N2O3. The topological polar surface area (TPSA) is 73.6 Å². The number of carbonyl (C=O) groups excluding carboxylic acids is 1. The van der Waals surface area contributed by atoms with Crippen molar-refractivity contribution in [3.8, 4) is 11.5 Å². The highest BCUT2D eigenvalue weighted by molar-refractivity contribution is 5.76. The monoisotopic (exact) mass is 280 g/mol. The largest absolute Gasteiger partial charge is 0.497 e. The number of ether oxygens (including phenoxy) is 2. The number of amides is 1. The Hall–Kier alpha value is -1.75. The summed E-state index contributed by atoms with van der Waals surface area (Å²) in [6.07, 6.45) is 1.28. The van der Waals surface area contributed by atoms with Crippen molar-refractivity contribution in [2.45, 2.75) is 38.8 Å². The molecule has 0 aliphatic heterocycles. The molecular weight excluding hydrogens is 256 g/mol. The molecule has 5 heteroatoms. The lowest BCUT2D eigenvalue weighted by Crippen LogP contribution is -2.39. The molecule has 0 saturated carbocycles. The molecule has 0 aromatic heterocycles. The molecule has 0 radical (unpaired) electrons. The maximum atomic E-state index is 11.8. The van der Waals surface area contributed by atoms with Gasteiger partial charge in [0.05, 0.1) is 20.3 Å². The lowest BCUT2D eigenvalue weighted by atomic mass is 9.99. The van der Waals surface area contributed by atoms with E-state index in [0.717, 1.165) is 12.0 Å². The Bertz CT molecular complexity index is 447. The van der Waals surface area contributed by atoms with Gasteiger partial charge in [-0.15, -0.1) is 0 Å². The molecule has 0 aliphatic carbocycles. The number of nitrogens with one attached hydrogen (secondary N) is 1. The van der Waals surface area contributed by atoms with E-state index in [1.54, 1.807) is 14.2 Å². The van der Waals surface area contributed by atoms with E-state index in [-0.39, 0.29) is 18.0 Å². The van der Waals surface area contributed by atoms with E-state index in [9.17, 15) is 4.79 Å². The zero-order valence-corrected chi connectivity index (χ0v) is 12.6. The minimum atomic E-state index is -0.306. The first-order chi connectivity index (χ1) is 9.53. The van der Waals surface area contributed by atoms with Gasteiger partial charge >= 0.3 is 0 Å². The first-order valence-electron chi connectivity index (χ1n) is 6.80. The van der Waals surface area contributed by atoms with E-state index in [0.29, 0.717) is 17.9 Å². The summed E-state index contributed by atoms with van der Waals surface area (Å²) in [7, 11) is 3.19. The van der Waals surface area contributed by atoms with Gasteiger partial charge in [-0.05, 0) is 31.5 Å². The average Bonchev–Trinajstić information content (AvgIpc) is 2.44. The van der Waals surface area contributed by atoms with Crippen molar-refractivity contribution in [3.05, 3.63) is 23.8 Å². The van der Waals surface area contributed by atoms with Gasteiger partial charge in [-0.25, -0.2) is 0 Å². The zero-order chi connectivity index (χ0) is 15.1. The van der Waals surface area contributed by atoms with Crippen LogP contribution in [-0.2, 0) is 4.79 Å². The maximum absolute atomic E-state index is 11.8. The molecule has 1 rings (SSSR count). The van der Waals surface area contributed by atoms with E-state index in [1.165, 1.54) is 0 Å². The number of benzene rings is 1. The van der Waals surface area contributed by atoms with Crippen LogP contribution in [0.3, 0.4) is 0 Å². The standard InChI is InChI=1S/C15H24N2O3/c1-5-6-14(18)17-15(10(2)16)12-9-11(19-3)7-8-13(12)20-4/h7-10,15H,5-6,16H2,1-4H3,(H,17,18). The summed E-state index contributed by atoms with van der Waals surface area (Å²) in [5, 5.41) is 2.96. The molecule has 0 saturated heterocycles. The second-order valence-corrected chi connectivity index (χ2v) is 4.76. The fourth-order valence-electron chi connectivity index (χ4n) is 2.05. The van der Waals surface area contributed by atoms with Crippen molar-refractivity contribution in [2.75, 3.05) is 14.2 Å². The summed E-state index contributed by atoms with van der Waals surface area (Å²) < 4.78 is 10.6. The Kier molecular flexibility index (Phi) is 6.31. The molecule has 1 amide bonds. The average molecular weight is 280 g/mol. The van der Waals surface area contributed by atoms with Crippen molar-refractivity contribution >= 4 is 5.91 Å². The zero-order valence-electron chi connectivity index (χ0n) is 12.6. The van der Waals surface area contributed by atoms with Crippen molar-refractivity contribution in [2.24, 2.45) is 5.73 Å². The normalized spacial score (nSPS) is 13.4. The third-order valence-electron chi connectivity index (χ3n) is 3.09. The molecule has 1 aromatic carbocycles. The molecule has 2 atom stereocenters. The van der Waals surface area contributed by atoms with Crippen molar-refractivity contribution in [1.82, 2.24) is 5.32 Å². The highest BCUT2D eigenvalue weighted by Crippen LogP contribution is 2.30. The van der Waals surface area contributed by atoms with Gasteiger partial charge in [0.15, 0.2) is 0 Å². The van der Waals surface area contributed by atoms with Crippen molar-refractivity contribution < 1.29 is 14.3 Å². The van der Waals surface area contributed by atoms with Crippen LogP contribution in [0.2, 0.25) is 0 Å². The minimum Gasteiger partial charge on any atom is -0.497 e. The highest BCUT2D eigenvalue weighted by Gasteiger charge is 2.22. The lowest BCUT2D eigenvalue weighted by Gasteiger charge is -2.25. The van der Waals surface area contributed by atoms with Crippen LogP contribution >= 0.6 is 0 Å². The lowest BCUT2D eigenvalue weighted by molar-refractivity contribution is -0.122. The van der Waals surface area contributed by atoms with Crippen LogP contribution in [0.5, 0.6) is 11.5 Å². The Morgan fingerprint density at radius 3 is 2.55 bits per heavy atom. The summed E-state index contributed by atoms with van der Waals surface area (Å²) in [6.45, 7) is 3.82. The maximum Gasteiger partial charge on any atom is 0.220 e. The fourth-order valence-corrected chi connectivity index (χ4v) is 2.05. The Balaban J connectivity index is 3.09. The van der Waals surface area contributed by atoms with Gasteiger partial charge in [-0.2, -0.15) is 0 Å². The minimum absolute atomic E-state index is 0.0142. The molecule has 1 aromatic rings. The highest BCUT2D eigenvalue weighted by atomic mass is 16.5. The van der Waals surface area contributed by atoms with Crippen LogP contribution < -0.4 is 20.5 Å². The van der Waals surface area contributed by atoms with Gasteiger partial charge < -0.3 is 20.5 Å². The number of hydrogen-bond acceptors (Lipinski definition) is 4. The van der Waals surface area contributed by atoms with E-state index >= 15 is 0 Å². The number of nitrogens with two attached hydrogens (primary N) is 1. The van der Waals surface area contributed by atoms with Gasteiger partial charge in [0.2, 0.25) is 5.91 Å². The van der Waals surface area contributed by atoms with Gasteiger partial charge in [0.25, 0.3) is 0 Å². The number of carbonyl (C=O) groups is 1. The van der Waals surface area contributed by atoms with Crippen LogP contribution in [0.15, 0.2) is 18.2 Å². The quantitative estimate of drug-likeness (QED) is 0.801. The number of hydrogen-bond donors (Lipinski definition) is 2. The molecule has 112 valence electrons. The summed E-state index contributed by atoms with van der Waals surface area (Å²) >= 11 is 0. The Morgan fingerprint density at radius 1 is 1.35 bits per heavy atom. The fraction of sp³-hybridized carbons (Fsp3) is 0.533. The molecule has 0 spiro atoms. The Labute approximate surface area is 120 Å². The summed E-state index contributed by atoms with van der Waals surface area (Å²) in [5.41, 5.74) is 6.84. The molecule has 20 heavy (non-hydrogen) atoms. The first-order valence-corrected chi connectivity index (χ1v) is 6.80. The summed E-state index contributed by atoms with van der Waals surface area (Å²) in [5.74, 6) is 1.38. The van der Waals surface area contributed by atoms with Crippen molar-refractivity contribution in [1.29, 1.82) is 0 Å². The number of rotatable bonds is 7. The van der Waals surface area contributed by atoms with Gasteiger partial charge in [-0.1, -0.05) is 6.92 Å². The molecule has 3 N–H and O–H groups in total. The van der Waals surface area contributed by atoms with Crippen LogP contribution in [0.25, 0.3) is 0 Å². The van der Waals surface area contributed by atoms with Gasteiger partial charge in [0, 0.05) is 18.0 Å². The predicted octanol–water partition coefficient (Wildman–Crippen LogP) is 2.01. The van der Waals surface area contributed by atoms with Crippen LogP contribution in [0.1, 0.15) is 38.3 Å². The molecule has 5 nitrogen and oxygen atoms in total. The smallest absolute Gasteiger partial charge is 0.220 e. The van der Waals surface area contributed by atoms with E-state index in [1.807, 2.05) is 32.0 Å². The molecule has 2 unspecified atom stereocenters. The van der Waals surface area contributed by atoms with E-state index in [4.69, 9.17) is 15.2 Å². The second-order valence-electron chi connectivity index (χ2n) is 4.76. The first kappa shape index (κ1) is 16.3. The van der Waals surface area contributed by atoms with Crippen molar-refractivity contribution in [3.63, 3.8) is 0 Å². The summed E-state index contributed by atoms with van der Waals surface area (Å²) in [6, 6.07) is 4.93. The van der Waals surface area contributed by atoms with Crippen LogP contribution in [-0.4, -0.2) is 26.2 Å². The predicted molar refractivity (Wildman–Crippen MR) is 79.0 cm³/mol. The van der Waals surface area contributed by atoms with Gasteiger partial charge in [-0.3, -0.25) is 4.79 Å². The third kappa shape index (κ3) is 4.13. The summed E-state index contributed by atoms with van der Waals surface area (Å²) in [4.78, 5) is 11.8. The Morgan fingerprint density at radius 2 is 2.05 bits per heavy atom. The molecule has 0 bridgehead atoms. The molecule has 0 fully saturated rings. The molecule has 0 aliphatic rings. The third-order valence-corrected chi connectivity index (χ3v) is 3.09. The van der Waals surface area contributed by atoms with Crippen LogP contribution in [0.4, 0.5) is 0 Å². The number of methoxy groups -OCH3 is 2. The van der Waals surface area contributed by atoms with Gasteiger partial charge in [0.1, 0.15) is 11.5 Å². The van der Waals surface area contributed by atoms with Crippen LogP contribution in [0, 0.1) is 0 Å². The van der Waals surface area contributed by atoms with E-state index < -0.39 is 0 Å². The second kappa shape index (κ2) is 7.75. The van der Waals surface area contributed by atoms with E-state index in [2.05, 4.69) is 5.32 Å². The molecule has 0 heterocycles. The SMILES string of the molecule is CCCC(=O)NC(c1cc(OC)ccc1OC)C(C)N.